The van der Waals surface area contributed by atoms with E-state index in [1.54, 1.807) is 12.1 Å². The fourth-order valence-electron chi connectivity index (χ4n) is 4.27. The second-order valence-electron chi connectivity index (χ2n) is 7.75. The molecule has 1 amide bonds. The number of amides is 1. The van der Waals surface area contributed by atoms with Crippen LogP contribution in [0.4, 0.5) is 4.39 Å². The zero-order chi connectivity index (χ0) is 19.4. The number of rotatable bonds is 5. The van der Waals surface area contributed by atoms with E-state index in [1.807, 2.05) is 22.4 Å². The maximum absolute atomic E-state index is 13.0. The normalized spacial score (nSPS) is 21.6. The van der Waals surface area contributed by atoms with Gasteiger partial charge in [0.05, 0.1) is 17.1 Å². The molecular weight excluding hydrogens is 377 g/mol. The molecule has 1 spiro atoms. The van der Waals surface area contributed by atoms with Crippen LogP contribution in [0, 0.1) is 11.7 Å². The maximum atomic E-state index is 13.0. The molecule has 4 rings (SSSR count). The van der Waals surface area contributed by atoms with E-state index in [0.29, 0.717) is 18.3 Å². The van der Waals surface area contributed by atoms with Gasteiger partial charge in [0.1, 0.15) is 11.6 Å². The van der Waals surface area contributed by atoms with Crippen molar-refractivity contribution in [2.45, 2.75) is 37.7 Å². The lowest BCUT2D eigenvalue weighted by atomic mass is 9.78. The third-order valence-electron chi connectivity index (χ3n) is 5.90. The SMILES string of the molecule is O=C(c1cccs1)N1CCC2(CC1)CC(CCOc1ccc(F)cc1)CCO2. The van der Waals surface area contributed by atoms with Gasteiger partial charge in [0.25, 0.3) is 5.91 Å². The fraction of sp³-hybridized carbons (Fsp3) is 0.500. The van der Waals surface area contributed by atoms with Gasteiger partial charge in [0.15, 0.2) is 0 Å². The van der Waals surface area contributed by atoms with Gasteiger partial charge in [0.2, 0.25) is 0 Å². The van der Waals surface area contributed by atoms with Crippen LogP contribution in [0.3, 0.4) is 0 Å². The van der Waals surface area contributed by atoms with Crippen LogP contribution in [0.5, 0.6) is 5.75 Å². The lowest BCUT2D eigenvalue weighted by molar-refractivity contribution is -0.125. The molecule has 0 bridgehead atoms. The van der Waals surface area contributed by atoms with E-state index in [9.17, 15) is 9.18 Å². The van der Waals surface area contributed by atoms with Crippen LogP contribution in [-0.2, 0) is 4.74 Å². The van der Waals surface area contributed by atoms with Gasteiger partial charge in [0, 0.05) is 19.7 Å². The van der Waals surface area contributed by atoms with Crippen molar-refractivity contribution in [2.24, 2.45) is 5.92 Å². The van der Waals surface area contributed by atoms with Crippen molar-refractivity contribution in [3.63, 3.8) is 0 Å². The number of benzene rings is 1. The average molecular weight is 404 g/mol. The molecule has 0 N–H and O–H groups in total. The Morgan fingerprint density at radius 2 is 2.04 bits per heavy atom. The largest absolute Gasteiger partial charge is 0.494 e. The van der Waals surface area contributed by atoms with Gasteiger partial charge in [-0.25, -0.2) is 4.39 Å². The highest BCUT2D eigenvalue weighted by Crippen LogP contribution is 2.39. The van der Waals surface area contributed by atoms with Gasteiger partial charge in [-0.1, -0.05) is 6.07 Å². The minimum absolute atomic E-state index is 0.0922. The molecule has 150 valence electrons. The second-order valence-corrected chi connectivity index (χ2v) is 8.70. The molecule has 2 saturated heterocycles. The first-order valence-electron chi connectivity index (χ1n) is 9.99. The van der Waals surface area contributed by atoms with Gasteiger partial charge in [-0.2, -0.15) is 0 Å². The summed E-state index contributed by atoms with van der Waals surface area (Å²) in [6.07, 6.45) is 4.85. The summed E-state index contributed by atoms with van der Waals surface area (Å²) in [5.41, 5.74) is -0.0922. The molecule has 1 aromatic carbocycles. The zero-order valence-corrected chi connectivity index (χ0v) is 16.8. The number of ether oxygens (including phenoxy) is 2. The van der Waals surface area contributed by atoms with Crippen molar-refractivity contribution in [1.82, 2.24) is 4.90 Å². The molecule has 0 radical (unpaired) electrons. The number of hydrogen-bond donors (Lipinski definition) is 0. The van der Waals surface area contributed by atoms with Crippen molar-refractivity contribution in [1.29, 1.82) is 0 Å². The summed E-state index contributed by atoms with van der Waals surface area (Å²) in [5.74, 6) is 1.17. The van der Waals surface area contributed by atoms with Crippen molar-refractivity contribution in [2.75, 3.05) is 26.3 Å². The summed E-state index contributed by atoms with van der Waals surface area (Å²) < 4.78 is 25.0. The summed E-state index contributed by atoms with van der Waals surface area (Å²) in [7, 11) is 0. The molecule has 2 fully saturated rings. The van der Waals surface area contributed by atoms with Crippen LogP contribution in [0.2, 0.25) is 0 Å². The molecule has 28 heavy (non-hydrogen) atoms. The zero-order valence-electron chi connectivity index (χ0n) is 15.9. The number of piperidine rings is 1. The summed E-state index contributed by atoms with van der Waals surface area (Å²) in [4.78, 5) is 15.3. The number of likely N-dealkylation sites (tertiary alicyclic amines) is 1. The van der Waals surface area contributed by atoms with E-state index in [-0.39, 0.29) is 17.3 Å². The summed E-state index contributed by atoms with van der Waals surface area (Å²) >= 11 is 1.50. The second kappa shape index (κ2) is 8.62. The van der Waals surface area contributed by atoms with E-state index in [1.165, 1.54) is 23.5 Å². The molecule has 2 aliphatic heterocycles. The van der Waals surface area contributed by atoms with E-state index in [4.69, 9.17) is 9.47 Å². The molecule has 6 heteroatoms. The monoisotopic (exact) mass is 403 g/mol. The molecule has 1 aromatic heterocycles. The molecule has 3 heterocycles. The number of halogens is 1. The predicted octanol–water partition coefficient (Wildman–Crippen LogP) is 4.76. The Balaban J connectivity index is 1.25. The lowest BCUT2D eigenvalue weighted by Gasteiger charge is -2.46. The molecule has 2 aliphatic rings. The predicted molar refractivity (Wildman–Crippen MR) is 107 cm³/mol. The molecule has 4 nitrogen and oxygen atoms in total. The van der Waals surface area contributed by atoms with Crippen LogP contribution in [0.15, 0.2) is 41.8 Å². The molecule has 2 aromatic rings. The Hall–Kier alpha value is -1.92. The van der Waals surface area contributed by atoms with Crippen molar-refractivity contribution in [3.05, 3.63) is 52.5 Å². The minimum atomic E-state index is -0.248. The van der Waals surface area contributed by atoms with Gasteiger partial charge in [-0.15, -0.1) is 11.3 Å². The number of nitrogens with zero attached hydrogens (tertiary/aromatic N) is 1. The van der Waals surface area contributed by atoms with Gasteiger partial charge in [-0.05, 0) is 73.7 Å². The third kappa shape index (κ3) is 4.55. The number of thiophene rings is 1. The standard InChI is InChI=1S/C22H26FNO3S/c23-18-3-5-19(6-4-18)26-13-7-17-8-14-27-22(16-17)9-11-24(12-10-22)21(25)20-2-1-15-28-20/h1-6,15,17H,7-14,16H2. The highest BCUT2D eigenvalue weighted by atomic mass is 32.1. The number of carbonyl (C=O) groups excluding carboxylic acids is 1. The van der Waals surface area contributed by atoms with Crippen molar-refractivity contribution < 1.29 is 18.7 Å². The van der Waals surface area contributed by atoms with Gasteiger partial charge in [-0.3, -0.25) is 4.79 Å². The first kappa shape index (κ1) is 19.4. The van der Waals surface area contributed by atoms with Crippen LogP contribution >= 0.6 is 11.3 Å². The summed E-state index contributed by atoms with van der Waals surface area (Å²) in [6, 6.07) is 9.99. The van der Waals surface area contributed by atoms with Gasteiger partial charge >= 0.3 is 0 Å². The molecule has 1 atom stereocenters. The lowest BCUT2D eigenvalue weighted by Crippen LogP contribution is -2.50. The Bertz CT molecular complexity index is 770. The van der Waals surface area contributed by atoms with E-state index in [0.717, 1.165) is 56.7 Å². The Kier molecular flexibility index (Phi) is 5.97. The van der Waals surface area contributed by atoms with E-state index in [2.05, 4.69) is 0 Å². The topological polar surface area (TPSA) is 38.8 Å². The highest BCUT2D eigenvalue weighted by Gasteiger charge is 2.41. The highest BCUT2D eigenvalue weighted by molar-refractivity contribution is 7.12. The molecular formula is C22H26FNO3S. The maximum Gasteiger partial charge on any atom is 0.263 e. The summed E-state index contributed by atoms with van der Waals surface area (Å²) in [6.45, 7) is 2.93. The first-order valence-corrected chi connectivity index (χ1v) is 10.9. The van der Waals surface area contributed by atoms with E-state index < -0.39 is 0 Å². The van der Waals surface area contributed by atoms with Crippen LogP contribution < -0.4 is 4.74 Å². The summed E-state index contributed by atoms with van der Waals surface area (Å²) in [5, 5.41) is 1.95. The Morgan fingerprint density at radius 3 is 2.75 bits per heavy atom. The fourth-order valence-corrected chi connectivity index (χ4v) is 4.96. The molecule has 0 aliphatic carbocycles. The van der Waals surface area contributed by atoms with Crippen LogP contribution in [0.25, 0.3) is 0 Å². The quantitative estimate of drug-likeness (QED) is 0.723. The smallest absolute Gasteiger partial charge is 0.263 e. The number of hydrogen-bond acceptors (Lipinski definition) is 4. The molecule has 1 unspecified atom stereocenters. The molecule has 0 saturated carbocycles. The van der Waals surface area contributed by atoms with Crippen molar-refractivity contribution in [3.8, 4) is 5.75 Å². The van der Waals surface area contributed by atoms with Gasteiger partial charge < -0.3 is 14.4 Å². The Morgan fingerprint density at radius 1 is 1.25 bits per heavy atom. The van der Waals surface area contributed by atoms with Crippen LogP contribution in [0.1, 0.15) is 41.8 Å². The minimum Gasteiger partial charge on any atom is -0.494 e. The number of carbonyl (C=O) groups is 1. The van der Waals surface area contributed by atoms with Crippen LogP contribution in [-0.4, -0.2) is 42.7 Å². The first-order chi connectivity index (χ1) is 13.6. The Labute approximate surface area is 169 Å². The average Bonchev–Trinajstić information content (AvgIpc) is 3.25. The third-order valence-corrected chi connectivity index (χ3v) is 6.76. The van der Waals surface area contributed by atoms with E-state index >= 15 is 0 Å². The van der Waals surface area contributed by atoms with Crippen molar-refractivity contribution >= 4 is 17.2 Å².